The third-order valence-electron chi connectivity index (χ3n) is 6.60. The molecule has 3 atom stereocenters. The van der Waals surface area contributed by atoms with Crippen LogP contribution in [0.5, 0.6) is 0 Å². The average molecular weight is 444 g/mol. The molecule has 0 spiro atoms. The smallest absolute Gasteiger partial charge is 0.250 e. The first-order valence-electron chi connectivity index (χ1n) is 11.3. The maximum Gasteiger partial charge on any atom is 0.250 e. The molecule has 3 aliphatic rings. The van der Waals surface area contributed by atoms with Crippen molar-refractivity contribution >= 4 is 35.0 Å². The van der Waals surface area contributed by atoms with Crippen LogP contribution < -0.4 is 10.6 Å². The Balaban J connectivity index is 1.55. The molecule has 2 fully saturated rings. The Labute approximate surface area is 188 Å². The van der Waals surface area contributed by atoms with Crippen LogP contribution in [-0.4, -0.2) is 40.7 Å². The highest BCUT2D eigenvalue weighted by molar-refractivity contribution is 6.30. The van der Waals surface area contributed by atoms with Gasteiger partial charge in [-0.3, -0.25) is 14.4 Å². The molecule has 166 valence electrons. The summed E-state index contributed by atoms with van der Waals surface area (Å²) in [6.07, 6.45) is 11.7. The molecule has 31 heavy (non-hydrogen) atoms. The second-order valence-electron chi connectivity index (χ2n) is 8.86. The van der Waals surface area contributed by atoms with E-state index in [2.05, 4.69) is 22.8 Å². The van der Waals surface area contributed by atoms with Crippen molar-refractivity contribution in [1.82, 2.24) is 10.2 Å². The molecule has 0 radical (unpaired) electrons. The number of carbonyl (C=O) groups excluding carboxylic acids is 3. The zero-order chi connectivity index (χ0) is 21.8. The van der Waals surface area contributed by atoms with E-state index in [1.165, 1.54) is 0 Å². The van der Waals surface area contributed by atoms with Gasteiger partial charge in [0, 0.05) is 29.6 Å². The topological polar surface area (TPSA) is 78.5 Å². The quantitative estimate of drug-likeness (QED) is 0.676. The molecule has 0 aromatic heterocycles. The van der Waals surface area contributed by atoms with Crippen LogP contribution in [0.2, 0.25) is 5.02 Å². The highest BCUT2D eigenvalue weighted by atomic mass is 35.5. The molecule has 4 rings (SSSR count). The summed E-state index contributed by atoms with van der Waals surface area (Å²) in [7, 11) is 0. The largest absolute Gasteiger partial charge is 0.339 e. The first-order chi connectivity index (χ1) is 15.0. The summed E-state index contributed by atoms with van der Waals surface area (Å²) in [4.78, 5) is 40.9. The Morgan fingerprint density at radius 3 is 2.84 bits per heavy atom. The van der Waals surface area contributed by atoms with Gasteiger partial charge in [-0.2, -0.15) is 0 Å². The first-order valence-corrected chi connectivity index (χ1v) is 11.7. The van der Waals surface area contributed by atoms with Gasteiger partial charge in [-0.25, -0.2) is 0 Å². The van der Waals surface area contributed by atoms with Crippen LogP contribution >= 0.6 is 11.6 Å². The van der Waals surface area contributed by atoms with Crippen molar-refractivity contribution < 1.29 is 14.4 Å². The fourth-order valence-corrected chi connectivity index (χ4v) is 4.92. The van der Waals surface area contributed by atoms with Crippen molar-refractivity contribution in [2.45, 2.75) is 69.4 Å². The molecule has 0 bridgehead atoms. The molecule has 2 N–H and O–H groups in total. The van der Waals surface area contributed by atoms with E-state index in [0.717, 1.165) is 38.5 Å². The summed E-state index contributed by atoms with van der Waals surface area (Å²) in [5, 5.41) is 6.49. The first kappa shape index (κ1) is 21.9. The number of fused-ring (bicyclic) bond motifs is 2. The summed E-state index contributed by atoms with van der Waals surface area (Å²) in [5.41, 5.74) is -0.378. The number of nitrogens with zero attached hydrogens (tertiary/aromatic N) is 1. The van der Waals surface area contributed by atoms with E-state index >= 15 is 0 Å². The molecule has 6 nitrogen and oxygen atoms in total. The van der Waals surface area contributed by atoms with Gasteiger partial charge < -0.3 is 15.5 Å². The van der Waals surface area contributed by atoms with Gasteiger partial charge in [0.15, 0.2) is 0 Å². The van der Waals surface area contributed by atoms with Crippen LogP contribution in [0.25, 0.3) is 0 Å². The zero-order valence-corrected chi connectivity index (χ0v) is 18.5. The minimum Gasteiger partial charge on any atom is -0.339 e. The molecule has 1 saturated carbocycles. The summed E-state index contributed by atoms with van der Waals surface area (Å²) in [6, 6.07) is 6.50. The van der Waals surface area contributed by atoms with E-state index in [4.69, 9.17) is 11.6 Å². The Morgan fingerprint density at radius 1 is 1.16 bits per heavy atom. The minimum atomic E-state index is -0.979. The number of halogens is 1. The maximum absolute atomic E-state index is 13.3. The van der Waals surface area contributed by atoms with Gasteiger partial charge in [0.05, 0.1) is 0 Å². The summed E-state index contributed by atoms with van der Waals surface area (Å²) in [5.74, 6) is -0.461. The second kappa shape index (κ2) is 9.43. The Bertz CT molecular complexity index is 887. The van der Waals surface area contributed by atoms with Crippen LogP contribution in [0.3, 0.4) is 0 Å². The molecular weight excluding hydrogens is 414 g/mol. The summed E-state index contributed by atoms with van der Waals surface area (Å²) in [6.45, 7) is 0.613. The molecule has 1 aliphatic carbocycles. The highest BCUT2D eigenvalue weighted by Gasteiger charge is 2.60. The summed E-state index contributed by atoms with van der Waals surface area (Å²) < 4.78 is 0. The number of carbonyl (C=O) groups is 3. The molecule has 1 saturated heterocycles. The third kappa shape index (κ3) is 4.95. The highest BCUT2D eigenvalue weighted by Crippen LogP contribution is 2.46. The number of anilines is 1. The number of allylic oxidation sites excluding steroid dienone is 1. The zero-order valence-electron chi connectivity index (χ0n) is 17.7. The Hall–Kier alpha value is -2.34. The lowest BCUT2D eigenvalue weighted by Gasteiger charge is -2.27. The predicted molar refractivity (Wildman–Crippen MR) is 121 cm³/mol. The van der Waals surface area contributed by atoms with Gasteiger partial charge in [-0.05, 0) is 56.7 Å². The third-order valence-corrected chi connectivity index (χ3v) is 6.84. The van der Waals surface area contributed by atoms with E-state index < -0.39 is 11.6 Å². The fraction of sp³-hybridized carbons (Fsp3) is 0.542. The van der Waals surface area contributed by atoms with Crippen molar-refractivity contribution in [1.29, 1.82) is 0 Å². The molecular formula is C24H30ClN3O3. The maximum atomic E-state index is 13.3. The van der Waals surface area contributed by atoms with Gasteiger partial charge in [0.25, 0.3) is 5.91 Å². The number of nitrogens with one attached hydrogen (secondary N) is 2. The van der Waals surface area contributed by atoms with Crippen molar-refractivity contribution in [3.63, 3.8) is 0 Å². The van der Waals surface area contributed by atoms with Crippen LogP contribution in [0.15, 0.2) is 36.4 Å². The van der Waals surface area contributed by atoms with Crippen molar-refractivity contribution in [3.8, 4) is 0 Å². The predicted octanol–water partition coefficient (Wildman–Crippen LogP) is 4.05. The van der Waals surface area contributed by atoms with Crippen LogP contribution in [0.1, 0.15) is 57.8 Å². The van der Waals surface area contributed by atoms with Gasteiger partial charge >= 0.3 is 0 Å². The van der Waals surface area contributed by atoms with Crippen molar-refractivity contribution in [3.05, 3.63) is 41.4 Å². The monoisotopic (exact) mass is 443 g/mol. The minimum absolute atomic E-state index is 0.0497. The lowest BCUT2D eigenvalue weighted by Crippen LogP contribution is -2.54. The standard InChI is InChI=1S/C24H30ClN3O3/c25-18-10-7-11-19(15-18)26-23(31)24-16-17(24)9-5-3-1-2-4-6-13-21(29)28-14-8-12-20(28)22(30)27-24/h5,7,9-11,15,17,20H,1-4,6,8,12-14,16H2,(H,26,31)(H,27,30)/b9-5+. The van der Waals surface area contributed by atoms with Gasteiger partial charge in [-0.15, -0.1) is 0 Å². The van der Waals surface area contributed by atoms with Crippen LogP contribution in [0, 0.1) is 5.92 Å². The summed E-state index contributed by atoms with van der Waals surface area (Å²) >= 11 is 6.05. The Morgan fingerprint density at radius 2 is 2.00 bits per heavy atom. The van der Waals surface area contributed by atoms with Gasteiger partial charge in [-0.1, -0.05) is 42.7 Å². The van der Waals surface area contributed by atoms with Gasteiger partial charge in [0.1, 0.15) is 11.6 Å². The number of benzene rings is 1. The van der Waals surface area contributed by atoms with E-state index in [1.54, 1.807) is 29.2 Å². The molecule has 1 aromatic rings. The van der Waals surface area contributed by atoms with Crippen molar-refractivity contribution in [2.24, 2.45) is 5.92 Å². The molecule has 2 heterocycles. The Kier molecular flexibility index (Phi) is 6.65. The average Bonchev–Trinajstić information content (AvgIpc) is 3.19. The van der Waals surface area contributed by atoms with E-state index in [0.29, 0.717) is 36.5 Å². The van der Waals surface area contributed by atoms with E-state index in [1.807, 2.05) is 0 Å². The lowest BCUT2D eigenvalue weighted by atomic mass is 10.1. The SMILES string of the molecule is O=C1NC2(C(=O)Nc3cccc(Cl)c3)CC2/C=C/CCCCCCC(=O)N2CCCC12. The molecule has 3 unspecified atom stereocenters. The lowest BCUT2D eigenvalue weighted by molar-refractivity contribution is -0.139. The molecule has 1 aromatic carbocycles. The van der Waals surface area contributed by atoms with Crippen LogP contribution in [-0.2, 0) is 14.4 Å². The second-order valence-corrected chi connectivity index (χ2v) is 9.30. The normalized spacial score (nSPS) is 30.3. The number of amides is 3. The molecule has 2 aliphatic heterocycles. The van der Waals surface area contributed by atoms with E-state index in [9.17, 15) is 14.4 Å². The van der Waals surface area contributed by atoms with Crippen molar-refractivity contribution in [2.75, 3.05) is 11.9 Å². The molecule has 3 amide bonds. The molecule has 7 heteroatoms. The number of rotatable bonds is 2. The van der Waals surface area contributed by atoms with E-state index in [-0.39, 0.29) is 23.6 Å². The van der Waals surface area contributed by atoms with Crippen LogP contribution in [0.4, 0.5) is 5.69 Å². The van der Waals surface area contributed by atoms with Gasteiger partial charge in [0.2, 0.25) is 11.8 Å². The number of hydrogen-bond donors (Lipinski definition) is 2. The fourth-order valence-electron chi connectivity index (χ4n) is 4.73. The number of hydrogen-bond acceptors (Lipinski definition) is 3.